The minimum absolute atomic E-state index is 0.344. The summed E-state index contributed by atoms with van der Waals surface area (Å²) in [5.41, 5.74) is 2.09. The van der Waals surface area contributed by atoms with Crippen LogP contribution in [0.2, 0.25) is 0 Å². The Morgan fingerprint density at radius 2 is 1.94 bits per heavy atom. The van der Waals surface area contributed by atoms with Crippen LogP contribution >= 0.6 is 22.6 Å². The summed E-state index contributed by atoms with van der Waals surface area (Å²) in [5.74, 6) is -0.417. The Morgan fingerprint density at radius 1 is 1.24 bits per heavy atom. The number of rotatable bonds is 2. The number of pyridine rings is 1. The van der Waals surface area contributed by atoms with Gasteiger partial charge in [-0.2, -0.15) is 0 Å². The molecule has 4 heteroatoms. The van der Waals surface area contributed by atoms with E-state index >= 15 is 0 Å². The minimum Gasteiger partial charge on any atom is -0.464 e. The largest absolute Gasteiger partial charge is 0.464 e. The van der Waals surface area contributed by atoms with Gasteiger partial charge in [0, 0.05) is 15.3 Å². The molecule has 0 amide bonds. The summed E-state index contributed by atoms with van der Waals surface area (Å²) >= 11 is 2.24. The maximum Gasteiger partial charge on any atom is 0.357 e. The molecule has 0 unspecified atom stereocenters. The summed E-state index contributed by atoms with van der Waals surface area (Å²) in [6.07, 6.45) is 1.59. The van der Waals surface area contributed by atoms with Gasteiger partial charge >= 0.3 is 5.97 Å². The lowest BCUT2D eigenvalue weighted by Gasteiger charge is -2.06. The Bertz CT molecular complexity index is 537. The van der Waals surface area contributed by atoms with Gasteiger partial charge in [0.05, 0.1) is 7.11 Å². The van der Waals surface area contributed by atoms with E-state index in [1.165, 1.54) is 7.11 Å². The fraction of sp³-hybridized carbons (Fsp3) is 0.0769. The van der Waals surface area contributed by atoms with Crippen molar-refractivity contribution in [2.75, 3.05) is 7.11 Å². The van der Waals surface area contributed by atoms with E-state index < -0.39 is 5.97 Å². The number of methoxy groups -OCH3 is 1. The third-order valence-corrected chi connectivity index (χ3v) is 3.06. The van der Waals surface area contributed by atoms with E-state index in [2.05, 4.69) is 27.6 Å². The molecule has 2 rings (SSSR count). The Morgan fingerprint density at radius 3 is 2.59 bits per heavy atom. The molecule has 1 aromatic carbocycles. The molecule has 0 atom stereocenters. The highest BCUT2D eigenvalue weighted by Gasteiger charge is 2.13. The average molecular weight is 339 g/mol. The zero-order valence-corrected chi connectivity index (χ0v) is 11.3. The molecule has 17 heavy (non-hydrogen) atoms. The highest BCUT2D eigenvalue weighted by molar-refractivity contribution is 14.1. The van der Waals surface area contributed by atoms with E-state index in [9.17, 15) is 4.79 Å². The smallest absolute Gasteiger partial charge is 0.357 e. The molecule has 86 valence electrons. The van der Waals surface area contributed by atoms with Gasteiger partial charge in [-0.15, -0.1) is 0 Å². The standard InChI is InChI=1S/C13H10INO2/c1-17-13(16)12-11(3-2-8-15-12)9-4-6-10(14)7-5-9/h2-8H,1H3. The molecule has 1 heterocycles. The van der Waals surface area contributed by atoms with Gasteiger partial charge in [-0.25, -0.2) is 9.78 Å². The van der Waals surface area contributed by atoms with E-state index in [-0.39, 0.29) is 0 Å². The Hall–Kier alpha value is -1.43. The first-order valence-electron chi connectivity index (χ1n) is 5.01. The van der Waals surface area contributed by atoms with Gasteiger partial charge < -0.3 is 4.74 Å². The van der Waals surface area contributed by atoms with Crippen LogP contribution < -0.4 is 0 Å². The van der Waals surface area contributed by atoms with Crippen LogP contribution in [0, 0.1) is 3.57 Å². The molecule has 0 bridgehead atoms. The summed E-state index contributed by atoms with van der Waals surface area (Å²) in [6, 6.07) is 11.6. The SMILES string of the molecule is COC(=O)c1ncccc1-c1ccc(I)cc1. The van der Waals surface area contributed by atoms with Gasteiger partial charge in [-0.1, -0.05) is 18.2 Å². The topological polar surface area (TPSA) is 39.2 Å². The molecular weight excluding hydrogens is 329 g/mol. The normalized spacial score (nSPS) is 10.0. The molecule has 3 nitrogen and oxygen atoms in total. The number of carbonyl (C=O) groups is 1. The summed E-state index contributed by atoms with van der Waals surface area (Å²) in [6.45, 7) is 0. The van der Waals surface area contributed by atoms with Crippen LogP contribution in [0.5, 0.6) is 0 Å². The second kappa shape index (κ2) is 5.27. The monoisotopic (exact) mass is 339 g/mol. The number of benzene rings is 1. The van der Waals surface area contributed by atoms with E-state index in [1.807, 2.05) is 30.3 Å². The maximum absolute atomic E-state index is 11.6. The fourth-order valence-electron chi connectivity index (χ4n) is 1.53. The number of esters is 1. The molecule has 0 aliphatic rings. The van der Waals surface area contributed by atoms with E-state index in [1.54, 1.807) is 12.3 Å². The quantitative estimate of drug-likeness (QED) is 0.623. The van der Waals surface area contributed by atoms with Crippen molar-refractivity contribution in [2.24, 2.45) is 0 Å². The molecule has 0 N–H and O–H groups in total. The molecule has 2 aromatic rings. The molecule has 0 aliphatic carbocycles. The number of carbonyl (C=O) groups excluding carboxylic acids is 1. The predicted molar refractivity (Wildman–Crippen MR) is 73.7 cm³/mol. The Balaban J connectivity index is 2.51. The van der Waals surface area contributed by atoms with Gasteiger partial charge in [0.25, 0.3) is 0 Å². The van der Waals surface area contributed by atoms with Crippen molar-refractivity contribution in [3.63, 3.8) is 0 Å². The first-order chi connectivity index (χ1) is 8.22. The zero-order chi connectivity index (χ0) is 12.3. The van der Waals surface area contributed by atoms with Gasteiger partial charge in [0.2, 0.25) is 0 Å². The summed E-state index contributed by atoms with van der Waals surface area (Å²) < 4.78 is 5.87. The van der Waals surface area contributed by atoms with Gasteiger partial charge in [0.15, 0.2) is 5.69 Å². The Labute approximate surface area is 113 Å². The third kappa shape index (κ3) is 2.63. The number of nitrogens with zero attached hydrogens (tertiary/aromatic N) is 1. The van der Waals surface area contributed by atoms with E-state index in [0.717, 1.165) is 14.7 Å². The van der Waals surface area contributed by atoms with Crippen LogP contribution in [0.25, 0.3) is 11.1 Å². The second-order valence-corrected chi connectivity index (χ2v) is 4.64. The zero-order valence-electron chi connectivity index (χ0n) is 9.18. The minimum atomic E-state index is -0.417. The number of ether oxygens (including phenoxy) is 1. The first kappa shape index (κ1) is 12.0. The highest BCUT2D eigenvalue weighted by atomic mass is 127. The van der Waals surface area contributed by atoms with Crippen LogP contribution in [0.4, 0.5) is 0 Å². The molecule has 0 fully saturated rings. The fourth-order valence-corrected chi connectivity index (χ4v) is 1.89. The van der Waals surface area contributed by atoms with Crippen molar-refractivity contribution in [3.8, 4) is 11.1 Å². The number of hydrogen-bond acceptors (Lipinski definition) is 3. The lowest BCUT2D eigenvalue weighted by atomic mass is 10.0. The van der Waals surface area contributed by atoms with Crippen molar-refractivity contribution in [3.05, 3.63) is 51.9 Å². The van der Waals surface area contributed by atoms with Crippen LogP contribution in [0.3, 0.4) is 0 Å². The predicted octanol–water partition coefficient (Wildman–Crippen LogP) is 3.14. The van der Waals surface area contributed by atoms with Crippen molar-refractivity contribution in [1.29, 1.82) is 0 Å². The van der Waals surface area contributed by atoms with Crippen molar-refractivity contribution in [1.82, 2.24) is 4.98 Å². The van der Waals surface area contributed by atoms with Gasteiger partial charge in [-0.05, 0) is 46.4 Å². The molecule has 1 aromatic heterocycles. The number of aromatic nitrogens is 1. The first-order valence-corrected chi connectivity index (χ1v) is 6.09. The molecule has 0 saturated carbocycles. The van der Waals surface area contributed by atoms with Crippen molar-refractivity contribution in [2.45, 2.75) is 0 Å². The van der Waals surface area contributed by atoms with E-state index in [0.29, 0.717) is 5.69 Å². The average Bonchev–Trinajstić information content (AvgIpc) is 2.39. The summed E-state index contributed by atoms with van der Waals surface area (Å²) in [5, 5.41) is 0. The maximum atomic E-state index is 11.6. The molecular formula is C13H10INO2. The second-order valence-electron chi connectivity index (χ2n) is 3.40. The number of halogens is 1. The van der Waals surface area contributed by atoms with Crippen LogP contribution in [-0.4, -0.2) is 18.1 Å². The lowest BCUT2D eigenvalue weighted by Crippen LogP contribution is -2.06. The van der Waals surface area contributed by atoms with Crippen LogP contribution in [0.1, 0.15) is 10.5 Å². The van der Waals surface area contributed by atoms with Crippen molar-refractivity contribution < 1.29 is 9.53 Å². The van der Waals surface area contributed by atoms with Crippen LogP contribution in [0.15, 0.2) is 42.6 Å². The molecule has 0 saturated heterocycles. The molecule has 0 aliphatic heterocycles. The molecule has 0 spiro atoms. The third-order valence-electron chi connectivity index (χ3n) is 2.34. The summed E-state index contributed by atoms with van der Waals surface area (Å²) in [4.78, 5) is 15.7. The van der Waals surface area contributed by atoms with Gasteiger partial charge in [0.1, 0.15) is 0 Å². The van der Waals surface area contributed by atoms with E-state index in [4.69, 9.17) is 4.74 Å². The number of hydrogen-bond donors (Lipinski definition) is 0. The highest BCUT2D eigenvalue weighted by Crippen LogP contribution is 2.23. The molecule has 0 radical (unpaired) electrons. The van der Waals surface area contributed by atoms with Gasteiger partial charge in [-0.3, -0.25) is 0 Å². The van der Waals surface area contributed by atoms with Crippen molar-refractivity contribution >= 4 is 28.6 Å². The Kier molecular flexibility index (Phi) is 3.73. The summed E-state index contributed by atoms with van der Waals surface area (Å²) in [7, 11) is 1.36. The van der Waals surface area contributed by atoms with Crippen LogP contribution in [-0.2, 0) is 4.74 Å². The lowest BCUT2D eigenvalue weighted by molar-refractivity contribution is 0.0595.